The lowest BCUT2D eigenvalue weighted by Gasteiger charge is -2.15. The number of likely N-dealkylation sites (N-methyl/N-ethyl adjacent to an activating group) is 1. The zero-order valence-corrected chi connectivity index (χ0v) is 13.5. The van der Waals surface area contributed by atoms with Crippen LogP contribution in [0.4, 0.5) is 5.69 Å². The summed E-state index contributed by atoms with van der Waals surface area (Å²) in [6.45, 7) is 0. The average molecular weight is 341 g/mol. The highest BCUT2D eigenvalue weighted by Gasteiger charge is 2.25. The van der Waals surface area contributed by atoms with Crippen molar-refractivity contribution in [1.29, 1.82) is 0 Å². The third-order valence-electron chi connectivity index (χ3n) is 3.73. The fourth-order valence-electron chi connectivity index (χ4n) is 2.54. The van der Waals surface area contributed by atoms with E-state index in [-0.39, 0.29) is 5.91 Å². The molecule has 0 aromatic heterocycles. The van der Waals surface area contributed by atoms with Gasteiger partial charge in [-0.25, -0.2) is 0 Å². The number of fused-ring (bicyclic) bond motifs is 1. The fraction of sp³-hybridized carbons (Fsp3) is 0.188. The quantitative estimate of drug-likeness (QED) is 0.716. The molecular formula is C16H12Cl3NO. The van der Waals surface area contributed by atoms with Crippen molar-refractivity contribution >= 4 is 46.4 Å². The van der Waals surface area contributed by atoms with Crippen LogP contribution < -0.4 is 4.90 Å². The van der Waals surface area contributed by atoms with Crippen LogP contribution in [0.1, 0.15) is 22.1 Å². The van der Waals surface area contributed by atoms with E-state index in [2.05, 4.69) is 0 Å². The Kier molecular flexibility index (Phi) is 3.87. The monoisotopic (exact) mass is 339 g/mol. The van der Waals surface area contributed by atoms with Crippen molar-refractivity contribution in [3.05, 3.63) is 63.1 Å². The molecule has 1 heterocycles. The van der Waals surface area contributed by atoms with Gasteiger partial charge in [0, 0.05) is 12.7 Å². The summed E-state index contributed by atoms with van der Waals surface area (Å²) in [5.74, 6) is 0.0917. The number of anilines is 1. The van der Waals surface area contributed by atoms with Gasteiger partial charge in [0.05, 0.1) is 21.8 Å². The number of carbonyl (C=O) groups is 1. The van der Waals surface area contributed by atoms with Crippen molar-refractivity contribution in [2.75, 3.05) is 11.9 Å². The highest BCUT2D eigenvalue weighted by molar-refractivity contribution is 6.43. The molecule has 5 heteroatoms. The average Bonchev–Trinajstić information content (AvgIpc) is 2.76. The largest absolute Gasteiger partial charge is 0.315 e. The minimum atomic E-state index is -0.400. The zero-order chi connectivity index (χ0) is 15.1. The fourth-order valence-corrected chi connectivity index (χ4v) is 3.33. The highest BCUT2D eigenvalue weighted by atomic mass is 35.5. The first kappa shape index (κ1) is 14.7. The molecule has 0 saturated heterocycles. The van der Waals surface area contributed by atoms with Gasteiger partial charge in [-0.05, 0) is 28.8 Å². The van der Waals surface area contributed by atoms with Crippen LogP contribution in [0.5, 0.6) is 0 Å². The minimum absolute atomic E-state index is 0.0917. The van der Waals surface area contributed by atoms with E-state index >= 15 is 0 Å². The second kappa shape index (κ2) is 5.53. The second-order valence-corrected chi connectivity index (χ2v) is 6.24. The number of benzene rings is 2. The van der Waals surface area contributed by atoms with E-state index in [4.69, 9.17) is 34.8 Å². The van der Waals surface area contributed by atoms with Gasteiger partial charge >= 0.3 is 0 Å². The summed E-state index contributed by atoms with van der Waals surface area (Å²) in [6, 6.07) is 11.2. The molecule has 21 heavy (non-hydrogen) atoms. The summed E-state index contributed by atoms with van der Waals surface area (Å²) >= 11 is 18.8. The van der Waals surface area contributed by atoms with Crippen molar-refractivity contribution < 1.29 is 4.79 Å². The lowest BCUT2D eigenvalue weighted by molar-refractivity contribution is -0.117. The number of nitrogens with zero attached hydrogens (tertiary/aromatic N) is 1. The van der Waals surface area contributed by atoms with E-state index < -0.39 is 5.38 Å². The van der Waals surface area contributed by atoms with Crippen molar-refractivity contribution in [2.24, 2.45) is 0 Å². The van der Waals surface area contributed by atoms with Gasteiger partial charge in [-0.2, -0.15) is 0 Å². The number of hydrogen-bond donors (Lipinski definition) is 0. The Morgan fingerprint density at radius 1 is 1.19 bits per heavy atom. The number of halogens is 3. The standard InChI is InChI=1S/C16H12Cl3NO/c1-20-13-6-5-9(7-10(13)8-14(20)21)15(18)11-3-2-4-12(17)16(11)19/h2-7,15H,8H2,1H3. The van der Waals surface area contributed by atoms with Gasteiger partial charge in [0.2, 0.25) is 5.91 Å². The third-order valence-corrected chi connectivity index (χ3v) is 5.05. The van der Waals surface area contributed by atoms with Crippen LogP contribution in [-0.2, 0) is 11.2 Å². The van der Waals surface area contributed by atoms with Crippen LogP contribution in [0.15, 0.2) is 36.4 Å². The Labute approximate surface area is 138 Å². The van der Waals surface area contributed by atoms with Crippen molar-refractivity contribution in [2.45, 2.75) is 11.8 Å². The molecule has 0 aliphatic carbocycles. The molecule has 1 atom stereocenters. The zero-order valence-electron chi connectivity index (χ0n) is 11.2. The van der Waals surface area contributed by atoms with Crippen molar-refractivity contribution in [3.63, 3.8) is 0 Å². The molecule has 0 spiro atoms. The summed E-state index contributed by atoms with van der Waals surface area (Å²) in [6.07, 6.45) is 0.409. The van der Waals surface area contributed by atoms with E-state index in [0.29, 0.717) is 16.5 Å². The Balaban J connectivity index is 2.00. The molecule has 2 aromatic rings. The van der Waals surface area contributed by atoms with Crippen molar-refractivity contribution in [1.82, 2.24) is 0 Å². The normalized spacial score (nSPS) is 15.2. The minimum Gasteiger partial charge on any atom is -0.315 e. The van der Waals surface area contributed by atoms with E-state index in [1.54, 1.807) is 18.0 Å². The predicted octanol–water partition coefficient (Wildman–Crippen LogP) is 4.84. The van der Waals surface area contributed by atoms with Crippen molar-refractivity contribution in [3.8, 4) is 0 Å². The molecule has 3 rings (SSSR count). The molecule has 1 amide bonds. The Morgan fingerprint density at radius 3 is 2.71 bits per heavy atom. The van der Waals surface area contributed by atoms with Gasteiger partial charge < -0.3 is 4.90 Å². The van der Waals surface area contributed by atoms with Gasteiger partial charge in [0.25, 0.3) is 0 Å². The maximum atomic E-state index is 11.7. The maximum absolute atomic E-state index is 11.7. The van der Waals surface area contributed by atoms with E-state index in [0.717, 1.165) is 22.4 Å². The van der Waals surface area contributed by atoms with Gasteiger partial charge in [0.1, 0.15) is 0 Å². The summed E-state index contributed by atoms with van der Waals surface area (Å²) in [5.41, 5.74) is 3.60. The first-order chi connectivity index (χ1) is 9.99. The molecule has 1 aliphatic rings. The third kappa shape index (κ3) is 2.52. The summed E-state index contributed by atoms with van der Waals surface area (Å²) in [4.78, 5) is 13.4. The topological polar surface area (TPSA) is 20.3 Å². The maximum Gasteiger partial charge on any atom is 0.231 e. The van der Waals surface area contributed by atoms with Crippen LogP contribution >= 0.6 is 34.8 Å². The predicted molar refractivity (Wildman–Crippen MR) is 87.7 cm³/mol. The van der Waals surface area contributed by atoms with Crippen LogP contribution in [-0.4, -0.2) is 13.0 Å². The van der Waals surface area contributed by atoms with E-state index in [1.165, 1.54) is 0 Å². The molecule has 0 radical (unpaired) electrons. The van der Waals surface area contributed by atoms with E-state index in [9.17, 15) is 4.79 Å². The van der Waals surface area contributed by atoms with Crippen LogP contribution in [0.3, 0.4) is 0 Å². The van der Waals surface area contributed by atoms with Gasteiger partial charge in [-0.15, -0.1) is 11.6 Å². The number of rotatable bonds is 2. The van der Waals surface area contributed by atoms with Crippen LogP contribution in [0, 0.1) is 0 Å². The second-order valence-electron chi connectivity index (χ2n) is 5.02. The Bertz CT molecular complexity index is 729. The molecular weight excluding hydrogens is 329 g/mol. The lowest BCUT2D eigenvalue weighted by Crippen LogP contribution is -2.20. The molecule has 108 valence electrons. The highest BCUT2D eigenvalue weighted by Crippen LogP contribution is 2.39. The smallest absolute Gasteiger partial charge is 0.231 e. The summed E-state index contributed by atoms with van der Waals surface area (Å²) < 4.78 is 0. The number of alkyl halides is 1. The molecule has 1 aliphatic heterocycles. The summed E-state index contributed by atoms with van der Waals surface area (Å²) in [7, 11) is 1.78. The number of carbonyl (C=O) groups excluding carboxylic acids is 1. The van der Waals surface area contributed by atoms with E-state index in [1.807, 2.05) is 30.3 Å². The lowest BCUT2D eigenvalue weighted by atomic mass is 10.0. The molecule has 2 nitrogen and oxygen atoms in total. The van der Waals surface area contributed by atoms with Crippen LogP contribution in [0.2, 0.25) is 10.0 Å². The Hall–Kier alpha value is -1.22. The molecule has 0 N–H and O–H groups in total. The molecule has 2 aromatic carbocycles. The molecule has 0 fully saturated rings. The Morgan fingerprint density at radius 2 is 1.95 bits per heavy atom. The van der Waals surface area contributed by atoms with Crippen LogP contribution in [0.25, 0.3) is 0 Å². The molecule has 0 bridgehead atoms. The van der Waals surface area contributed by atoms with Gasteiger partial charge in [0.15, 0.2) is 0 Å². The van der Waals surface area contributed by atoms with Gasteiger partial charge in [-0.3, -0.25) is 4.79 Å². The first-order valence-corrected chi connectivity index (χ1v) is 7.65. The molecule has 1 unspecified atom stereocenters. The van der Waals surface area contributed by atoms with Gasteiger partial charge in [-0.1, -0.05) is 47.5 Å². The molecule has 0 saturated carbocycles. The first-order valence-electron chi connectivity index (χ1n) is 6.46. The number of amides is 1. The SMILES string of the molecule is CN1C(=O)Cc2cc(C(Cl)c3cccc(Cl)c3Cl)ccc21. The number of hydrogen-bond acceptors (Lipinski definition) is 1. The summed E-state index contributed by atoms with van der Waals surface area (Å²) in [5, 5.41) is 0.547.